The van der Waals surface area contributed by atoms with Gasteiger partial charge in [0.2, 0.25) is 0 Å². The summed E-state index contributed by atoms with van der Waals surface area (Å²) in [5.74, 6) is 0. The summed E-state index contributed by atoms with van der Waals surface area (Å²) in [6.07, 6.45) is 0. The van der Waals surface area contributed by atoms with Crippen LogP contribution in [0.5, 0.6) is 0 Å². The van der Waals surface area contributed by atoms with Crippen LogP contribution in [0.1, 0.15) is 61.1 Å². The van der Waals surface area contributed by atoms with Gasteiger partial charge >= 0.3 is 0 Å². The van der Waals surface area contributed by atoms with Gasteiger partial charge < -0.3 is 9.80 Å². The molecule has 4 nitrogen and oxygen atoms in total. The van der Waals surface area contributed by atoms with Gasteiger partial charge in [0.15, 0.2) is 0 Å². The van der Waals surface area contributed by atoms with Crippen LogP contribution >= 0.6 is 0 Å². The molecule has 48 heavy (non-hydrogen) atoms. The van der Waals surface area contributed by atoms with E-state index in [0.29, 0.717) is 16.7 Å². The molecule has 0 amide bonds. The minimum absolute atomic E-state index is 0.207. The molecule has 230 valence electrons. The molecule has 0 bridgehead atoms. The van der Waals surface area contributed by atoms with E-state index in [2.05, 4.69) is 165 Å². The molecule has 8 rings (SSSR count). The molecule has 0 aliphatic carbocycles. The molecule has 0 fully saturated rings. The molecule has 2 aliphatic heterocycles. The highest BCUT2D eigenvalue weighted by Gasteiger charge is 2.39. The molecule has 2 aliphatic rings. The third kappa shape index (κ3) is 4.20. The first-order valence-electron chi connectivity index (χ1n) is 16.3. The van der Waals surface area contributed by atoms with Gasteiger partial charge in [0.1, 0.15) is 0 Å². The van der Waals surface area contributed by atoms with Gasteiger partial charge in [-0.2, -0.15) is 10.5 Å². The second-order valence-electron chi connectivity index (χ2n) is 13.7. The maximum absolute atomic E-state index is 10.3. The summed E-state index contributed by atoms with van der Waals surface area (Å²) < 4.78 is 0. The third-order valence-electron chi connectivity index (χ3n) is 10.3. The Kier molecular flexibility index (Phi) is 6.55. The van der Waals surface area contributed by atoms with Crippen molar-refractivity contribution in [2.75, 3.05) is 9.80 Å². The fraction of sp³-hybridized carbons (Fsp3) is 0.136. The van der Waals surface area contributed by atoms with E-state index in [9.17, 15) is 10.5 Å². The Morgan fingerprint density at radius 2 is 0.771 bits per heavy atom. The van der Waals surface area contributed by atoms with Gasteiger partial charge in [0.25, 0.3) is 0 Å². The summed E-state index contributed by atoms with van der Waals surface area (Å²) in [5, 5.41) is 20.6. The van der Waals surface area contributed by atoms with Crippen LogP contribution in [0.4, 0.5) is 34.1 Å². The summed E-state index contributed by atoms with van der Waals surface area (Å²) in [6.45, 7) is 9.15. The zero-order valence-electron chi connectivity index (χ0n) is 27.5. The quantitative estimate of drug-likeness (QED) is 0.198. The smallest absolute Gasteiger partial charge is 0.0998 e. The van der Waals surface area contributed by atoms with E-state index < -0.39 is 0 Å². The zero-order valence-corrected chi connectivity index (χ0v) is 27.5. The first-order chi connectivity index (χ1) is 23.3. The predicted octanol–water partition coefficient (Wildman–Crippen LogP) is 11.3. The maximum Gasteiger partial charge on any atom is 0.0998 e. The fourth-order valence-corrected chi connectivity index (χ4v) is 7.94. The van der Waals surface area contributed by atoms with Crippen molar-refractivity contribution in [1.82, 2.24) is 0 Å². The summed E-state index contributed by atoms with van der Waals surface area (Å²) in [6, 6.07) is 51.1. The van der Waals surface area contributed by atoms with Crippen molar-refractivity contribution in [3.05, 3.63) is 167 Å². The van der Waals surface area contributed by atoms with Gasteiger partial charge in [-0.15, -0.1) is 0 Å². The number of nitriles is 2. The van der Waals surface area contributed by atoms with Crippen molar-refractivity contribution in [3.63, 3.8) is 0 Å². The summed E-state index contributed by atoms with van der Waals surface area (Å²) in [4.78, 5) is 4.69. The van der Waals surface area contributed by atoms with Gasteiger partial charge in [-0.1, -0.05) is 107 Å². The molecule has 0 atom stereocenters. The van der Waals surface area contributed by atoms with Gasteiger partial charge in [-0.3, -0.25) is 0 Å². The van der Waals surface area contributed by atoms with Crippen LogP contribution in [-0.2, 0) is 10.8 Å². The second kappa shape index (κ2) is 10.7. The summed E-state index contributed by atoms with van der Waals surface area (Å²) in [5.41, 5.74) is 13.3. The Morgan fingerprint density at radius 3 is 1.10 bits per heavy atom. The molecular weight excluding hydrogens is 585 g/mol. The molecule has 0 N–H and O–H groups in total. The van der Waals surface area contributed by atoms with Crippen LogP contribution in [-0.4, -0.2) is 0 Å². The van der Waals surface area contributed by atoms with Crippen LogP contribution in [0.3, 0.4) is 0 Å². The average Bonchev–Trinajstić information content (AvgIpc) is 3.11. The van der Waals surface area contributed by atoms with E-state index in [4.69, 9.17) is 0 Å². The number of nitrogens with zero attached hydrogens (tertiary/aromatic N) is 4. The average molecular weight is 619 g/mol. The number of rotatable bonds is 3. The van der Waals surface area contributed by atoms with Crippen molar-refractivity contribution >= 4 is 34.1 Å². The lowest BCUT2D eigenvalue weighted by Gasteiger charge is -2.43. The highest BCUT2D eigenvalue weighted by Crippen LogP contribution is 2.55. The van der Waals surface area contributed by atoms with Crippen LogP contribution in [0, 0.1) is 22.7 Å². The van der Waals surface area contributed by atoms with Crippen LogP contribution < -0.4 is 9.80 Å². The highest BCUT2D eigenvalue weighted by molar-refractivity contribution is 5.94. The largest absolute Gasteiger partial charge is 0.310 e. The topological polar surface area (TPSA) is 54.1 Å². The van der Waals surface area contributed by atoms with E-state index >= 15 is 0 Å². The SMILES string of the molecule is CC1(C)c2ccccc2N(c2cc(-c3c(C#N)cccc3C#N)cc(N3c4ccccc4C(C)(C)c4ccccc43)c2)c2ccccc21. The van der Waals surface area contributed by atoms with E-state index in [0.717, 1.165) is 39.7 Å². The Hall–Kier alpha value is -6.10. The lowest BCUT2D eigenvalue weighted by molar-refractivity contribution is 0.631. The third-order valence-corrected chi connectivity index (χ3v) is 10.3. The molecule has 0 radical (unpaired) electrons. The van der Waals surface area contributed by atoms with Crippen molar-refractivity contribution in [2.24, 2.45) is 0 Å². The minimum atomic E-state index is -0.207. The Labute approximate surface area is 282 Å². The molecule has 0 saturated heterocycles. The molecular formula is C44H34N4. The van der Waals surface area contributed by atoms with Crippen molar-refractivity contribution in [2.45, 2.75) is 38.5 Å². The summed E-state index contributed by atoms with van der Waals surface area (Å²) in [7, 11) is 0. The second-order valence-corrected chi connectivity index (χ2v) is 13.7. The van der Waals surface area contributed by atoms with Gasteiger partial charge in [-0.05, 0) is 82.4 Å². The number of hydrogen-bond donors (Lipinski definition) is 0. The van der Waals surface area contributed by atoms with Gasteiger partial charge in [0, 0.05) is 27.8 Å². The predicted molar refractivity (Wildman–Crippen MR) is 195 cm³/mol. The number of hydrogen-bond acceptors (Lipinski definition) is 4. The minimum Gasteiger partial charge on any atom is -0.310 e. The molecule has 6 aromatic rings. The normalized spacial score (nSPS) is 14.9. The molecule has 0 aromatic heterocycles. The molecule has 2 heterocycles. The molecule has 0 spiro atoms. The van der Waals surface area contributed by atoms with Crippen LogP contribution in [0.2, 0.25) is 0 Å². The van der Waals surface area contributed by atoms with E-state index in [-0.39, 0.29) is 10.8 Å². The molecule has 4 heteroatoms. The van der Waals surface area contributed by atoms with Crippen LogP contribution in [0.15, 0.2) is 133 Å². The lowest BCUT2D eigenvalue weighted by atomic mass is 9.73. The monoisotopic (exact) mass is 618 g/mol. The Balaban J connectivity index is 1.48. The summed E-state index contributed by atoms with van der Waals surface area (Å²) >= 11 is 0. The number of para-hydroxylation sites is 4. The van der Waals surface area contributed by atoms with E-state index in [1.807, 2.05) is 0 Å². The van der Waals surface area contributed by atoms with Crippen molar-refractivity contribution < 1.29 is 0 Å². The molecule has 0 saturated carbocycles. The first-order valence-corrected chi connectivity index (χ1v) is 16.3. The van der Waals surface area contributed by atoms with Crippen molar-refractivity contribution in [3.8, 4) is 23.3 Å². The van der Waals surface area contributed by atoms with Crippen LogP contribution in [0.25, 0.3) is 11.1 Å². The van der Waals surface area contributed by atoms with E-state index in [1.165, 1.54) is 22.3 Å². The standard InChI is InChI=1S/C44H34N4/c1-43(2)34-16-5-9-20-38(34)47(39-21-10-6-17-35(39)43)32-24-31(42-29(27-45)14-13-15-30(42)28-46)25-33(26-32)48-40-22-11-7-18-36(40)44(3,4)37-19-8-12-23-41(37)48/h5-26H,1-4H3. The van der Waals surface area contributed by atoms with Crippen molar-refractivity contribution in [1.29, 1.82) is 10.5 Å². The highest BCUT2D eigenvalue weighted by atomic mass is 15.2. The maximum atomic E-state index is 10.3. The van der Waals surface area contributed by atoms with Gasteiger partial charge in [-0.25, -0.2) is 0 Å². The lowest BCUT2D eigenvalue weighted by Crippen LogP contribution is -2.31. The first kappa shape index (κ1) is 29.3. The number of anilines is 6. The Morgan fingerprint density at radius 1 is 0.438 bits per heavy atom. The Bertz CT molecular complexity index is 2090. The molecule has 6 aromatic carbocycles. The molecule has 0 unspecified atom stereocenters. The number of fused-ring (bicyclic) bond motifs is 4. The van der Waals surface area contributed by atoms with Gasteiger partial charge in [0.05, 0.1) is 46.0 Å². The fourth-order valence-electron chi connectivity index (χ4n) is 7.94. The zero-order chi connectivity index (χ0) is 33.2. The number of benzene rings is 6. The van der Waals surface area contributed by atoms with E-state index in [1.54, 1.807) is 18.2 Å².